The molecule has 0 aromatic carbocycles. The van der Waals surface area contributed by atoms with Gasteiger partial charge in [0.1, 0.15) is 6.54 Å². The minimum absolute atomic E-state index is 0.279. The average Bonchev–Trinajstić information content (AvgIpc) is 3.19. The maximum atomic E-state index is 10.2. The highest BCUT2D eigenvalue weighted by Crippen LogP contribution is 2.26. The van der Waals surface area contributed by atoms with Crippen LogP contribution in [0, 0.1) is 0 Å². The predicted molar refractivity (Wildman–Crippen MR) is 138 cm³/mol. The lowest BCUT2D eigenvalue weighted by atomic mass is 10.1. The third kappa shape index (κ3) is 12.2. The number of aliphatic hydroxyl groups is 1. The molecule has 0 aromatic rings. The van der Waals surface area contributed by atoms with Crippen LogP contribution in [0.2, 0.25) is 0 Å². The van der Waals surface area contributed by atoms with Crippen molar-refractivity contribution in [2.75, 3.05) is 13.1 Å². The first-order chi connectivity index (χ1) is 15.2. The van der Waals surface area contributed by atoms with Gasteiger partial charge < -0.3 is 5.11 Å². The molecular weight excluding hydrogens is 380 g/mol. The SMILES string of the molecule is CCCCCCCCCCC/C=C/CCCCCCCCC1N=CC[N+]1(CC)C(C)O. The van der Waals surface area contributed by atoms with Crippen LogP contribution in [0.3, 0.4) is 0 Å². The summed E-state index contributed by atoms with van der Waals surface area (Å²) in [6.45, 7) is 8.26. The van der Waals surface area contributed by atoms with Crippen molar-refractivity contribution in [1.82, 2.24) is 0 Å². The fraction of sp³-hybridized carbons (Fsp3) is 0.893. The second-order valence-electron chi connectivity index (χ2n) is 9.83. The van der Waals surface area contributed by atoms with E-state index in [1.165, 1.54) is 109 Å². The molecule has 0 spiro atoms. The standard InChI is InChI=1S/C28H55N2O/c1-4-6-7-8-9-10-11-12-13-14-15-16-17-18-19-20-21-22-23-24-28-29-25-26-30(28,5-2)27(3)31/h15-16,25,27-28,31H,4-14,17-24,26H2,1-3H3/q+1/b16-15+. The quantitative estimate of drug-likeness (QED) is 0.110. The Morgan fingerprint density at radius 3 is 1.77 bits per heavy atom. The Labute approximate surface area is 195 Å². The Kier molecular flexibility index (Phi) is 17.3. The van der Waals surface area contributed by atoms with Gasteiger partial charge in [-0.15, -0.1) is 0 Å². The molecule has 3 nitrogen and oxygen atoms in total. The van der Waals surface area contributed by atoms with Crippen molar-refractivity contribution in [1.29, 1.82) is 0 Å². The second-order valence-corrected chi connectivity index (χ2v) is 9.83. The lowest BCUT2D eigenvalue weighted by molar-refractivity contribution is -0.976. The molecule has 0 amide bonds. The predicted octanol–water partition coefficient (Wildman–Crippen LogP) is 8.17. The van der Waals surface area contributed by atoms with E-state index in [1.54, 1.807) is 0 Å². The Hall–Kier alpha value is -0.670. The van der Waals surface area contributed by atoms with Crippen molar-refractivity contribution >= 4 is 6.21 Å². The van der Waals surface area contributed by atoms with Gasteiger partial charge in [-0.25, -0.2) is 4.99 Å². The molecule has 1 rings (SSSR count). The summed E-state index contributed by atoms with van der Waals surface area (Å²) < 4.78 is 0.741. The van der Waals surface area contributed by atoms with Crippen LogP contribution in [0.25, 0.3) is 0 Å². The average molecular weight is 436 g/mol. The van der Waals surface area contributed by atoms with E-state index in [0.29, 0.717) is 0 Å². The molecule has 3 heteroatoms. The first-order valence-corrected chi connectivity index (χ1v) is 13.9. The summed E-state index contributed by atoms with van der Waals surface area (Å²) in [6, 6.07) is 0. The van der Waals surface area contributed by atoms with Gasteiger partial charge in [0.25, 0.3) is 0 Å². The molecule has 0 aliphatic carbocycles. The minimum atomic E-state index is -0.314. The molecule has 1 aliphatic rings. The maximum Gasteiger partial charge on any atom is 0.189 e. The van der Waals surface area contributed by atoms with E-state index in [1.807, 2.05) is 13.1 Å². The number of quaternary nitrogens is 1. The first kappa shape index (κ1) is 28.4. The van der Waals surface area contributed by atoms with Crippen LogP contribution in [0.5, 0.6) is 0 Å². The monoisotopic (exact) mass is 435 g/mol. The third-order valence-corrected chi connectivity index (χ3v) is 7.35. The molecule has 0 saturated carbocycles. The number of nitrogens with zero attached hydrogens (tertiary/aromatic N) is 2. The van der Waals surface area contributed by atoms with Crippen LogP contribution in [-0.2, 0) is 0 Å². The Morgan fingerprint density at radius 2 is 1.29 bits per heavy atom. The van der Waals surface area contributed by atoms with E-state index in [9.17, 15) is 5.11 Å². The van der Waals surface area contributed by atoms with Gasteiger partial charge in [-0.1, -0.05) is 96.1 Å². The van der Waals surface area contributed by atoms with Crippen molar-refractivity contribution < 1.29 is 9.59 Å². The molecule has 3 unspecified atom stereocenters. The zero-order valence-corrected chi connectivity index (χ0v) is 21.4. The van der Waals surface area contributed by atoms with Gasteiger partial charge in [0.15, 0.2) is 12.4 Å². The molecule has 1 heterocycles. The Morgan fingerprint density at radius 1 is 0.806 bits per heavy atom. The number of hydrogen-bond donors (Lipinski definition) is 1. The third-order valence-electron chi connectivity index (χ3n) is 7.35. The largest absolute Gasteiger partial charge is 0.345 e. The maximum absolute atomic E-state index is 10.2. The van der Waals surface area contributed by atoms with Gasteiger partial charge >= 0.3 is 0 Å². The number of hydrogen-bond acceptors (Lipinski definition) is 2. The van der Waals surface area contributed by atoms with E-state index in [4.69, 9.17) is 0 Å². The van der Waals surface area contributed by atoms with Crippen molar-refractivity contribution in [2.45, 2.75) is 149 Å². The van der Waals surface area contributed by atoms with Crippen molar-refractivity contribution in [3.05, 3.63) is 12.2 Å². The van der Waals surface area contributed by atoms with Gasteiger partial charge in [0, 0.05) is 13.3 Å². The first-order valence-electron chi connectivity index (χ1n) is 13.9. The molecule has 31 heavy (non-hydrogen) atoms. The van der Waals surface area contributed by atoms with Gasteiger partial charge in [-0.3, -0.25) is 4.48 Å². The fourth-order valence-electron chi connectivity index (χ4n) is 5.02. The van der Waals surface area contributed by atoms with Crippen LogP contribution in [-0.4, -0.2) is 41.3 Å². The summed E-state index contributed by atoms with van der Waals surface area (Å²) in [7, 11) is 0. The van der Waals surface area contributed by atoms with Crippen LogP contribution < -0.4 is 0 Å². The number of unbranched alkanes of at least 4 members (excludes halogenated alkanes) is 15. The molecule has 0 bridgehead atoms. The summed E-state index contributed by atoms with van der Waals surface area (Å²) in [5.74, 6) is 0. The molecule has 1 aliphatic heterocycles. The van der Waals surface area contributed by atoms with Crippen LogP contribution in [0.4, 0.5) is 0 Å². The van der Waals surface area contributed by atoms with E-state index in [-0.39, 0.29) is 12.4 Å². The molecule has 0 fully saturated rings. The number of aliphatic imine (C=N–C) groups is 1. The summed E-state index contributed by atoms with van der Waals surface area (Å²) in [6.07, 6.45) is 31.3. The topological polar surface area (TPSA) is 32.6 Å². The Balaban J connectivity index is 1.86. The van der Waals surface area contributed by atoms with Crippen molar-refractivity contribution in [3.8, 4) is 0 Å². The van der Waals surface area contributed by atoms with Gasteiger partial charge in [-0.05, 0) is 39.0 Å². The van der Waals surface area contributed by atoms with Gasteiger partial charge in [0.05, 0.1) is 12.8 Å². The van der Waals surface area contributed by atoms with Crippen LogP contribution in [0.15, 0.2) is 17.1 Å². The van der Waals surface area contributed by atoms with E-state index < -0.39 is 0 Å². The second kappa shape index (κ2) is 18.9. The van der Waals surface area contributed by atoms with E-state index in [0.717, 1.165) is 24.0 Å². The zero-order chi connectivity index (χ0) is 22.6. The van der Waals surface area contributed by atoms with Crippen molar-refractivity contribution in [3.63, 3.8) is 0 Å². The lowest BCUT2D eigenvalue weighted by Crippen LogP contribution is -2.57. The number of rotatable bonds is 21. The molecule has 1 N–H and O–H groups in total. The number of aliphatic hydroxyl groups excluding tert-OH is 1. The summed E-state index contributed by atoms with van der Waals surface area (Å²) in [5.41, 5.74) is 0. The van der Waals surface area contributed by atoms with Gasteiger partial charge in [0.2, 0.25) is 0 Å². The summed E-state index contributed by atoms with van der Waals surface area (Å²) in [5, 5.41) is 10.2. The lowest BCUT2D eigenvalue weighted by Gasteiger charge is -2.40. The summed E-state index contributed by atoms with van der Waals surface area (Å²) in [4.78, 5) is 4.68. The Bertz CT molecular complexity index is 460. The molecule has 0 aromatic heterocycles. The van der Waals surface area contributed by atoms with Gasteiger partial charge in [-0.2, -0.15) is 0 Å². The van der Waals surface area contributed by atoms with Crippen molar-refractivity contribution in [2.24, 2.45) is 4.99 Å². The fourth-order valence-corrected chi connectivity index (χ4v) is 5.02. The molecule has 0 saturated heterocycles. The number of allylic oxidation sites excluding steroid dienone is 2. The normalized spacial score (nSPS) is 22.0. The van der Waals surface area contributed by atoms with E-state index >= 15 is 0 Å². The highest BCUT2D eigenvalue weighted by Gasteiger charge is 2.41. The molecular formula is C28H55N2O+. The van der Waals surface area contributed by atoms with E-state index in [2.05, 4.69) is 31.0 Å². The smallest absolute Gasteiger partial charge is 0.189 e. The highest BCUT2D eigenvalue weighted by atomic mass is 16.3. The van der Waals surface area contributed by atoms with Crippen LogP contribution in [0.1, 0.15) is 136 Å². The molecule has 3 atom stereocenters. The highest BCUT2D eigenvalue weighted by molar-refractivity contribution is 5.60. The zero-order valence-electron chi connectivity index (χ0n) is 21.4. The molecule has 182 valence electrons. The van der Waals surface area contributed by atoms with Crippen LogP contribution >= 0.6 is 0 Å². The summed E-state index contributed by atoms with van der Waals surface area (Å²) >= 11 is 0. The minimum Gasteiger partial charge on any atom is -0.345 e. The molecule has 0 radical (unpaired) electrons.